The molecule has 92 valence electrons. The van der Waals surface area contributed by atoms with Gasteiger partial charge in [0.25, 0.3) is 5.91 Å². The van der Waals surface area contributed by atoms with Crippen LogP contribution < -0.4 is 10.5 Å². The summed E-state index contributed by atoms with van der Waals surface area (Å²) >= 11 is 0. The fraction of sp³-hybridized carbons (Fsp3) is 0.154. The van der Waals surface area contributed by atoms with Gasteiger partial charge in [0.15, 0.2) is 0 Å². The first kappa shape index (κ1) is 12.0. The van der Waals surface area contributed by atoms with Crippen molar-refractivity contribution in [1.82, 2.24) is 9.97 Å². The van der Waals surface area contributed by atoms with Crippen molar-refractivity contribution >= 4 is 5.91 Å². The van der Waals surface area contributed by atoms with E-state index in [1.165, 1.54) is 6.33 Å². The highest BCUT2D eigenvalue weighted by molar-refractivity contribution is 5.97. The summed E-state index contributed by atoms with van der Waals surface area (Å²) in [6.45, 7) is 2.33. The number of aromatic nitrogens is 2. The quantitative estimate of drug-likeness (QED) is 0.885. The van der Waals surface area contributed by atoms with E-state index in [9.17, 15) is 4.79 Å². The number of primary amides is 1. The lowest BCUT2D eigenvalue weighted by molar-refractivity contribution is 0.0996. The van der Waals surface area contributed by atoms with E-state index in [0.29, 0.717) is 17.9 Å². The molecule has 0 atom stereocenters. The van der Waals surface area contributed by atoms with Gasteiger partial charge >= 0.3 is 0 Å². The molecule has 0 unspecified atom stereocenters. The molecule has 5 nitrogen and oxygen atoms in total. The maximum absolute atomic E-state index is 11.4. The van der Waals surface area contributed by atoms with E-state index < -0.39 is 5.91 Å². The molecule has 2 rings (SSSR count). The van der Waals surface area contributed by atoms with Crippen LogP contribution in [-0.2, 0) is 0 Å². The van der Waals surface area contributed by atoms with Gasteiger partial charge in [-0.15, -0.1) is 0 Å². The van der Waals surface area contributed by atoms with Crippen LogP contribution in [-0.4, -0.2) is 22.5 Å². The Kier molecular flexibility index (Phi) is 3.52. The number of ether oxygens (including phenoxy) is 1. The van der Waals surface area contributed by atoms with Gasteiger partial charge in [-0.3, -0.25) is 4.79 Å². The van der Waals surface area contributed by atoms with Gasteiger partial charge in [-0.1, -0.05) is 6.07 Å². The molecule has 0 aliphatic carbocycles. The number of nitrogens with zero attached hydrogens (tertiary/aromatic N) is 2. The highest BCUT2D eigenvalue weighted by Gasteiger charge is 2.11. The Bertz CT molecular complexity index is 555. The zero-order chi connectivity index (χ0) is 13.0. The van der Waals surface area contributed by atoms with Crippen LogP contribution in [0.5, 0.6) is 5.75 Å². The van der Waals surface area contributed by atoms with Gasteiger partial charge in [0, 0.05) is 18.0 Å². The number of nitrogens with two attached hydrogens (primary N) is 1. The molecule has 0 saturated carbocycles. The summed E-state index contributed by atoms with van der Waals surface area (Å²) in [5.74, 6) is -0.0252. The Morgan fingerprint density at radius 2 is 2.00 bits per heavy atom. The van der Waals surface area contributed by atoms with Crippen LogP contribution >= 0.6 is 0 Å². The van der Waals surface area contributed by atoms with E-state index >= 15 is 0 Å². The zero-order valence-electron chi connectivity index (χ0n) is 9.96. The van der Waals surface area contributed by atoms with Gasteiger partial charge in [-0.2, -0.15) is 0 Å². The zero-order valence-corrected chi connectivity index (χ0v) is 9.96. The minimum Gasteiger partial charge on any atom is -0.493 e. The van der Waals surface area contributed by atoms with E-state index in [0.717, 1.165) is 11.1 Å². The van der Waals surface area contributed by atoms with Crippen LogP contribution in [0.15, 0.2) is 36.9 Å². The van der Waals surface area contributed by atoms with E-state index in [4.69, 9.17) is 10.5 Å². The van der Waals surface area contributed by atoms with Gasteiger partial charge in [0.2, 0.25) is 0 Å². The van der Waals surface area contributed by atoms with Gasteiger partial charge in [-0.25, -0.2) is 9.97 Å². The number of carbonyl (C=O) groups excluding carboxylic acids is 1. The van der Waals surface area contributed by atoms with Crippen molar-refractivity contribution in [2.24, 2.45) is 5.73 Å². The molecular formula is C13H13N3O2. The SMILES string of the molecule is CCOc1ccc(-c2cncnc2)cc1C(N)=O. The molecule has 2 N–H and O–H groups in total. The second-order valence-electron chi connectivity index (χ2n) is 3.64. The number of hydrogen-bond donors (Lipinski definition) is 1. The first-order valence-electron chi connectivity index (χ1n) is 5.54. The van der Waals surface area contributed by atoms with Crippen LogP contribution in [0, 0.1) is 0 Å². The molecular weight excluding hydrogens is 230 g/mol. The Labute approximate surface area is 105 Å². The minimum atomic E-state index is -0.517. The number of amides is 1. The van der Waals surface area contributed by atoms with Gasteiger partial charge < -0.3 is 10.5 Å². The molecule has 2 aromatic rings. The third-order valence-electron chi connectivity index (χ3n) is 2.44. The third-order valence-corrected chi connectivity index (χ3v) is 2.44. The summed E-state index contributed by atoms with van der Waals surface area (Å²) in [6, 6.07) is 5.26. The molecule has 1 aromatic carbocycles. The topological polar surface area (TPSA) is 78.1 Å². The first-order chi connectivity index (χ1) is 8.72. The van der Waals surface area contributed by atoms with E-state index in [1.54, 1.807) is 24.5 Å². The summed E-state index contributed by atoms with van der Waals surface area (Å²) in [4.78, 5) is 19.3. The molecule has 0 aliphatic rings. The fourth-order valence-corrected chi connectivity index (χ4v) is 1.63. The lowest BCUT2D eigenvalue weighted by Crippen LogP contribution is -2.13. The molecule has 0 fully saturated rings. The molecule has 0 radical (unpaired) electrons. The molecule has 0 bridgehead atoms. The second kappa shape index (κ2) is 5.27. The smallest absolute Gasteiger partial charge is 0.252 e. The number of hydrogen-bond acceptors (Lipinski definition) is 4. The monoisotopic (exact) mass is 243 g/mol. The normalized spacial score (nSPS) is 10.1. The highest BCUT2D eigenvalue weighted by atomic mass is 16.5. The van der Waals surface area contributed by atoms with Crippen molar-refractivity contribution in [2.75, 3.05) is 6.61 Å². The van der Waals surface area contributed by atoms with Crippen molar-refractivity contribution in [2.45, 2.75) is 6.92 Å². The molecule has 0 saturated heterocycles. The third kappa shape index (κ3) is 2.45. The Morgan fingerprint density at radius 3 is 2.61 bits per heavy atom. The summed E-state index contributed by atoms with van der Waals surface area (Å²) in [5, 5.41) is 0. The van der Waals surface area contributed by atoms with E-state index in [-0.39, 0.29) is 0 Å². The summed E-state index contributed by atoms with van der Waals surface area (Å²) in [6.07, 6.45) is 4.80. The molecule has 5 heteroatoms. The minimum absolute atomic E-state index is 0.359. The summed E-state index contributed by atoms with van der Waals surface area (Å²) in [7, 11) is 0. The van der Waals surface area contributed by atoms with Crippen LogP contribution in [0.4, 0.5) is 0 Å². The first-order valence-corrected chi connectivity index (χ1v) is 5.54. The summed E-state index contributed by atoms with van der Waals surface area (Å²) < 4.78 is 5.36. The molecule has 1 amide bonds. The second-order valence-corrected chi connectivity index (χ2v) is 3.64. The molecule has 0 spiro atoms. The predicted molar refractivity (Wildman–Crippen MR) is 67.2 cm³/mol. The maximum atomic E-state index is 11.4. The maximum Gasteiger partial charge on any atom is 0.252 e. The number of carbonyl (C=O) groups is 1. The van der Waals surface area contributed by atoms with Crippen LogP contribution in [0.2, 0.25) is 0 Å². The largest absolute Gasteiger partial charge is 0.493 e. The average molecular weight is 243 g/mol. The fourth-order valence-electron chi connectivity index (χ4n) is 1.63. The van der Waals surface area contributed by atoms with Gasteiger partial charge in [0.05, 0.1) is 12.2 Å². The van der Waals surface area contributed by atoms with Gasteiger partial charge in [-0.05, 0) is 24.6 Å². The van der Waals surface area contributed by atoms with Crippen LogP contribution in [0.3, 0.4) is 0 Å². The Balaban J connectivity index is 2.46. The predicted octanol–water partition coefficient (Wildman–Crippen LogP) is 1.64. The summed E-state index contributed by atoms with van der Waals surface area (Å²) in [5.41, 5.74) is 7.35. The molecule has 0 aliphatic heterocycles. The highest BCUT2D eigenvalue weighted by Crippen LogP contribution is 2.25. The van der Waals surface area contributed by atoms with Crippen molar-refractivity contribution < 1.29 is 9.53 Å². The number of rotatable bonds is 4. The van der Waals surface area contributed by atoms with Crippen LogP contribution in [0.1, 0.15) is 17.3 Å². The van der Waals surface area contributed by atoms with Crippen molar-refractivity contribution in [3.05, 3.63) is 42.5 Å². The Morgan fingerprint density at radius 1 is 1.28 bits per heavy atom. The average Bonchev–Trinajstić information content (AvgIpc) is 2.40. The van der Waals surface area contributed by atoms with Crippen molar-refractivity contribution in [3.63, 3.8) is 0 Å². The molecule has 1 aromatic heterocycles. The lowest BCUT2D eigenvalue weighted by atomic mass is 10.0. The van der Waals surface area contributed by atoms with Crippen molar-refractivity contribution in [1.29, 1.82) is 0 Å². The number of benzene rings is 1. The van der Waals surface area contributed by atoms with E-state index in [1.807, 2.05) is 13.0 Å². The molecule has 18 heavy (non-hydrogen) atoms. The van der Waals surface area contributed by atoms with E-state index in [2.05, 4.69) is 9.97 Å². The van der Waals surface area contributed by atoms with Crippen LogP contribution in [0.25, 0.3) is 11.1 Å². The van der Waals surface area contributed by atoms with Gasteiger partial charge in [0.1, 0.15) is 12.1 Å². The standard InChI is InChI=1S/C13H13N3O2/c1-2-18-12-4-3-9(5-11(12)13(14)17)10-6-15-8-16-7-10/h3-8H,2H2,1H3,(H2,14,17). The Hall–Kier alpha value is -2.43. The van der Waals surface area contributed by atoms with Crippen molar-refractivity contribution in [3.8, 4) is 16.9 Å². The molecule has 1 heterocycles. The lowest BCUT2D eigenvalue weighted by Gasteiger charge is -2.09.